The van der Waals surface area contributed by atoms with Gasteiger partial charge in [0.2, 0.25) is 0 Å². The fraction of sp³-hybridized carbons (Fsp3) is 0.294. The average molecular weight is 254 g/mol. The first-order chi connectivity index (χ1) is 9.36. The van der Waals surface area contributed by atoms with Gasteiger partial charge in [0.25, 0.3) is 0 Å². The summed E-state index contributed by atoms with van der Waals surface area (Å²) in [6.07, 6.45) is 0. The molecule has 0 saturated heterocycles. The highest BCUT2D eigenvalue weighted by Crippen LogP contribution is 2.46. The van der Waals surface area contributed by atoms with Crippen molar-refractivity contribution in [1.82, 2.24) is 0 Å². The van der Waals surface area contributed by atoms with E-state index in [2.05, 4.69) is 42.5 Å². The van der Waals surface area contributed by atoms with Crippen molar-refractivity contribution in [2.24, 2.45) is 0 Å². The number of rotatable bonds is 4. The van der Waals surface area contributed by atoms with Gasteiger partial charge in [-0.15, -0.1) is 0 Å². The summed E-state index contributed by atoms with van der Waals surface area (Å²) in [7, 11) is 3.51. The van der Waals surface area contributed by atoms with Gasteiger partial charge in [-0.1, -0.05) is 42.5 Å². The fourth-order valence-electron chi connectivity index (χ4n) is 3.08. The van der Waals surface area contributed by atoms with Crippen LogP contribution in [0.4, 0.5) is 0 Å². The molecule has 0 bridgehead atoms. The highest BCUT2D eigenvalue weighted by Gasteiger charge is 2.30. The van der Waals surface area contributed by atoms with Gasteiger partial charge < -0.3 is 9.47 Å². The van der Waals surface area contributed by atoms with Crippen LogP contribution < -0.4 is 0 Å². The van der Waals surface area contributed by atoms with Crippen LogP contribution in [-0.4, -0.2) is 20.8 Å². The Bertz CT molecular complexity index is 590. The Morgan fingerprint density at radius 2 is 1.68 bits per heavy atom. The maximum atomic E-state index is 5.43. The van der Waals surface area contributed by atoms with E-state index in [1.54, 1.807) is 14.2 Å². The SMILES string of the molecule is COCc1cccc2c1C(COC)c1ccccc1-2. The van der Waals surface area contributed by atoms with Crippen molar-refractivity contribution >= 4 is 0 Å². The van der Waals surface area contributed by atoms with E-state index in [-0.39, 0.29) is 0 Å². The van der Waals surface area contributed by atoms with Crippen molar-refractivity contribution in [3.8, 4) is 11.1 Å². The normalized spacial score (nSPS) is 16.2. The molecule has 1 unspecified atom stereocenters. The lowest BCUT2D eigenvalue weighted by Crippen LogP contribution is -2.07. The first-order valence-corrected chi connectivity index (χ1v) is 6.55. The molecule has 0 heterocycles. The van der Waals surface area contributed by atoms with Gasteiger partial charge >= 0.3 is 0 Å². The lowest BCUT2D eigenvalue weighted by atomic mass is 9.94. The number of benzene rings is 2. The maximum absolute atomic E-state index is 5.43. The summed E-state index contributed by atoms with van der Waals surface area (Å²) in [4.78, 5) is 0. The zero-order chi connectivity index (χ0) is 13.2. The largest absolute Gasteiger partial charge is 0.384 e. The van der Waals surface area contributed by atoms with Gasteiger partial charge in [0.05, 0.1) is 13.2 Å². The molecule has 1 aliphatic carbocycles. The minimum atomic E-state index is 0.322. The zero-order valence-electron chi connectivity index (χ0n) is 11.3. The van der Waals surface area contributed by atoms with E-state index >= 15 is 0 Å². The first-order valence-electron chi connectivity index (χ1n) is 6.55. The minimum absolute atomic E-state index is 0.322. The summed E-state index contributed by atoms with van der Waals surface area (Å²) >= 11 is 0. The second kappa shape index (κ2) is 5.16. The smallest absolute Gasteiger partial charge is 0.0716 e. The topological polar surface area (TPSA) is 18.5 Å². The van der Waals surface area contributed by atoms with Crippen molar-refractivity contribution in [2.75, 3.05) is 20.8 Å². The van der Waals surface area contributed by atoms with Crippen molar-refractivity contribution in [3.63, 3.8) is 0 Å². The van der Waals surface area contributed by atoms with Crippen LogP contribution in [0.25, 0.3) is 11.1 Å². The zero-order valence-corrected chi connectivity index (χ0v) is 11.3. The number of methoxy groups -OCH3 is 2. The Morgan fingerprint density at radius 1 is 0.895 bits per heavy atom. The molecular formula is C17H18O2. The number of hydrogen-bond donors (Lipinski definition) is 0. The number of fused-ring (bicyclic) bond motifs is 3. The van der Waals surface area contributed by atoms with Crippen LogP contribution in [0.5, 0.6) is 0 Å². The van der Waals surface area contributed by atoms with E-state index in [1.165, 1.54) is 27.8 Å². The third-order valence-electron chi connectivity index (χ3n) is 3.80. The molecule has 0 saturated carbocycles. The average Bonchev–Trinajstić information content (AvgIpc) is 2.76. The predicted octanol–water partition coefficient (Wildman–Crippen LogP) is 3.59. The van der Waals surface area contributed by atoms with Crippen molar-refractivity contribution in [2.45, 2.75) is 12.5 Å². The number of ether oxygens (including phenoxy) is 2. The molecule has 0 amide bonds. The summed E-state index contributed by atoms with van der Waals surface area (Å²) in [6.45, 7) is 1.36. The Kier molecular flexibility index (Phi) is 3.36. The molecule has 0 N–H and O–H groups in total. The number of hydrogen-bond acceptors (Lipinski definition) is 2. The Hall–Kier alpha value is -1.64. The lowest BCUT2D eigenvalue weighted by Gasteiger charge is -2.16. The second-order valence-corrected chi connectivity index (χ2v) is 4.91. The molecule has 2 aromatic carbocycles. The molecule has 0 spiro atoms. The van der Waals surface area contributed by atoms with Crippen molar-refractivity contribution < 1.29 is 9.47 Å². The molecule has 2 aromatic rings. The third kappa shape index (κ3) is 1.97. The van der Waals surface area contributed by atoms with Gasteiger partial charge in [0.1, 0.15) is 0 Å². The molecule has 98 valence electrons. The first kappa shape index (κ1) is 12.4. The van der Waals surface area contributed by atoms with Gasteiger partial charge in [0.15, 0.2) is 0 Å². The standard InChI is InChI=1S/C17H18O2/c1-18-10-12-6-5-9-15-13-7-3-4-8-14(13)16(11-19-2)17(12)15/h3-9,16H,10-11H2,1-2H3. The quantitative estimate of drug-likeness (QED) is 0.830. The molecule has 19 heavy (non-hydrogen) atoms. The van der Waals surface area contributed by atoms with Crippen molar-refractivity contribution in [3.05, 3.63) is 59.2 Å². The van der Waals surface area contributed by atoms with Crippen LogP contribution >= 0.6 is 0 Å². The van der Waals surface area contributed by atoms with Gasteiger partial charge in [-0.3, -0.25) is 0 Å². The van der Waals surface area contributed by atoms with E-state index in [0.717, 1.165) is 0 Å². The molecule has 2 heteroatoms. The van der Waals surface area contributed by atoms with Crippen LogP contribution in [0.3, 0.4) is 0 Å². The molecular weight excluding hydrogens is 236 g/mol. The summed E-state index contributed by atoms with van der Waals surface area (Å²) in [5.41, 5.74) is 6.65. The van der Waals surface area contributed by atoms with Crippen LogP contribution in [0, 0.1) is 0 Å². The van der Waals surface area contributed by atoms with E-state index in [4.69, 9.17) is 9.47 Å². The molecule has 0 aromatic heterocycles. The molecule has 1 atom stereocenters. The summed E-state index contributed by atoms with van der Waals surface area (Å²) in [5, 5.41) is 0. The van der Waals surface area contributed by atoms with Gasteiger partial charge in [-0.2, -0.15) is 0 Å². The fourth-order valence-corrected chi connectivity index (χ4v) is 3.08. The van der Waals surface area contributed by atoms with Crippen LogP contribution in [0.2, 0.25) is 0 Å². The van der Waals surface area contributed by atoms with Crippen molar-refractivity contribution in [1.29, 1.82) is 0 Å². The molecule has 2 nitrogen and oxygen atoms in total. The third-order valence-corrected chi connectivity index (χ3v) is 3.80. The van der Waals surface area contributed by atoms with E-state index in [0.29, 0.717) is 19.1 Å². The van der Waals surface area contributed by atoms with Gasteiger partial charge in [-0.25, -0.2) is 0 Å². The lowest BCUT2D eigenvalue weighted by molar-refractivity contribution is 0.178. The van der Waals surface area contributed by atoms with E-state index < -0.39 is 0 Å². The van der Waals surface area contributed by atoms with Gasteiger partial charge in [0, 0.05) is 20.1 Å². The molecule has 3 rings (SSSR count). The monoisotopic (exact) mass is 254 g/mol. The Labute approximate surface area is 114 Å². The maximum Gasteiger partial charge on any atom is 0.0716 e. The molecule has 0 aliphatic heterocycles. The van der Waals surface area contributed by atoms with Crippen LogP contribution in [-0.2, 0) is 16.1 Å². The summed E-state index contributed by atoms with van der Waals surface area (Å²) in [6, 6.07) is 15.1. The molecule has 0 radical (unpaired) electrons. The van der Waals surface area contributed by atoms with E-state index in [9.17, 15) is 0 Å². The Balaban J connectivity index is 2.19. The minimum Gasteiger partial charge on any atom is -0.384 e. The van der Waals surface area contributed by atoms with Gasteiger partial charge in [-0.05, 0) is 27.8 Å². The highest BCUT2D eigenvalue weighted by molar-refractivity contribution is 5.80. The van der Waals surface area contributed by atoms with E-state index in [1.807, 2.05) is 0 Å². The van der Waals surface area contributed by atoms with Crippen LogP contribution in [0.1, 0.15) is 22.6 Å². The highest BCUT2D eigenvalue weighted by atomic mass is 16.5. The molecule has 1 aliphatic rings. The summed E-state index contributed by atoms with van der Waals surface area (Å²) in [5.74, 6) is 0.322. The van der Waals surface area contributed by atoms with Crippen LogP contribution in [0.15, 0.2) is 42.5 Å². The Morgan fingerprint density at radius 3 is 2.47 bits per heavy atom. The predicted molar refractivity (Wildman–Crippen MR) is 76.3 cm³/mol. The summed E-state index contributed by atoms with van der Waals surface area (Å²) < 4.78 is 10.8. The molecule has 0 fully saturated rings. The second-order valence-electron chi connectivity index (χ2n) is 4.91.